The van der Waals surface area contributed by atoms with Crippen molar-refractivity contribution in [3.63, 3.8) is 0 Å². The first kappa shape index (κ1) is 17.1. The molecule has 2 unspecified atom stereocenters. The van der Waals surface area contributed by atoms with Crippen molar-refractivity contribution in [1.29, 1.82) is 0 Å². The molecule has 0 amide bonds. The van der Waals surface area contributed by atoms with Crippen molar-refractivity contribution in [1.82, 2.24) is 0 Å². The van der Waals surface area contributed by atoms with Crippen LogP contribution in [0.25, 0.3) is 0 Å². The lowest BCUT2D eigenvalue weighted by Gasteiger charge is -2.39. The van der Waals surface area contributed by atoms with Crippen molar-refractivity contribution in [3.8, 4) is 0 Å². The van der Waals surface area contributed by atoms with Crippen LogP contribution >= 0.6 is 0 Å². The number of carboxylic acids is 1. The smallest absolute Gasteiger partial charge is 0.331 e. The van der Waals surface area contributed by atoms with Crippen molar-refractivity contribution < 1.29 is 27.4 Å². The predicted octanol–water partition coefficient (Wildman–Crippen LogP) is 1.11. The van der Waals surface area contributed by atoms with Gasteiger partial charge < -0.3 is 9.59 Å². The molecule has 0 aliphatic rings. The maximum atomic E-state index is 11.3. The highest BCUT2D eigenvalue weighted by molar-refractivity contribution is 7.86. The Kier molecular flexibility index (Phi) is 5.52. The second-order valence-corrected chi connectivity index (χ2v) is 6.48. The van der Waals surface area contributed by atoms with Gasteiger partial charge in [-0.15, -0.1) is 0 Å². The van der Waals surface area contributed by atoms with Crippen LogP contribution in [0.2, 0.25) is 0 Å². The number of carbonyl (C=O) groups is 1. The number of rotatable bonds is 6. The maximum absolute atomic E-state index is 11.3. The molecule has 0 aliphatic carbocycles. The van der Waals surface area contributed by atoms with E-state index in [1.165, 1.54) is 13.0 Å². The second kappa shape index (κ2) is 5.81. The van der Waals surface area contributed by atoms with Crippen molar-refractivity contribution in [2.75, 3.05) is 14.1 Å². The summed E-state index contributed by atoms with van der Waals surface area (Å²) in [5, 5.41) is 7.83. The van der Waals surface area contributed by atoms with Gasteiger partial charge in [-0.25, -0.2) is 4.79 Å². The third kappa shape index (κ3) is 4.08. The molecule has 0 radical (unpaired) electrons. The van der Waals surface area contributed by atoms with Gasteiger partial charge in [-0.05, 0) is 19.9 Å². The fourth-order valence-electron chi connectivity index (χ4n) is 1.91. The molecule has 6 nitrogen and oxygen atoms in total. The fraction of sp³-hybridized carbons (Fsp3) is 0.727. The molecule has 2 atom stereocenters. The van der Waals surface area contributed by atoms with E-state index in [9.17, 15) is 17.8 Å². The van der Waals surface area contributed by atoms with Crippen LogP contribution in [0.3, 0.4) is 0 Å². The van der Waals surface area contributed by atoms with Gasteiger partial charge in [0.25, 0.3) is 0 Å². The molecule has 0 fully saturated rings. The molecule has 0 aromatic heterocycles. The number of quaternary nitrogens is 1. The zero-order valence-corrected chi connectivity index (χ0v) is 12.2. The zero-order valence-electron chi connectivity index (χ0n) is 11.4. The van der Waals surface area contributed by atoms with Gasteiger partial charge in [0, 0.05) is 12.0 Å². The van der Waals surface area contributed by atoms with Crippen LogP contribution in [0, 0.1) is 0 Å². The largest absolute Gasteiger partial charge is 0.478 e. The van der Waals surface area contributed by atoms with Gasteiger partial charge >= 0.3 is 16.1 Å². The molecule has 0 aromatic carbocycles. The van der Waals surface area contributed by atoms with Gasteiger partial charge in [0.05, 0.1) is 14.1 Å². The van der Waals surface area contributed by atoms with Crippen LogP contribution in [0.1, 0.15) is 27.2 Å². The SMILES string of the molecule is CCC([N+](C)(C)C(C)/C=C(\C)C(=O)O)S(=O)(=O)O. The second-order valence-electron chi connectivity index (χ2n) is 4.90. The molecular weight excluding hydrogens is 258 g/mol. The molecule has 0 aromatic rings. The van der Waals surface area contributed by atoms with E-state index in [2.05, 4.69) is 0 Å². The zero-order chi connectivity index (χ0) is 14.7. The minimum absolute atomic E-state index is 0.0278. The number of likely N-dealkylation sites (N-methyl/N-ethyl adjacent to an activating group) is 1. The molecule has 0 rings (SSSR count). The average Bonchev–Trinajstić information content (AvgIpc) is 2.15. The van der Waals surface area contributed by atoms with E-state index in [4.69, 9.17) is 5.11 Å². The Morgan fingerprint density at radius 3 is 2.11 bits per heavy atom. The highest BCUT2D eigenvalue weighted by Gasteiger charge is 2.40. The van der Waals surface area contributed by atoms with Crippen LogP contribution in [-0.2, 0) is 14.9 Å². The summed E-state index contributed by atoms with van der Waals surface area (Å²) >= 11 is 0. The Labute approximate surface area is 108 Å². The quantitative estimate of drug-likeness (QED) is 0.432. The fourth-order valence-corrected chi connectivity index (χ4v) is 3.21. The summed E-state index contributed by atoms with van der Waals surface area (Å²) in [7, 11) is -0.876. The highest BCUT2D eigenvalue weighted by atomic mass is 32.2. The van der Waals surface area contributed by atoms with Crippen molar-refractivity contribution >= 4 is 16.1 Å². The Bertz CT molecular complexity index is 438. The molecule has 2 N–H and O–H groups in total. The third-order valence-corrected chi connectivity index (χ3v) is 4.88. The van der Waals surface area contributed by atoms with E-state index in [-0.39, 0.29) is 22.5 Å². The summed E-state index contributed by atoms with van der Waals surface area (Å²) in [6.45, 7) is 4.84. The van der Waals surface area contributed by atoms with E-state index in [1.807, 2.05) is 0 Å². The Balaban J connectivity index is 5.37. The summed E-state index contributed by atoms with van der Waals surface area (Å²) in [4.78, 5) is 10.8. The minimum Gasteiger partial charge on any atom is -0.478 e. The normalized spacial score (nSPS) is 17.3. The molecular formula is C11H22NO5S+. The van der Waals surface area contributed by atoms with Gasteiger partial charge in [-0.3, -0.25) is 4.55 Å². The first-order valence-electron chi connectivity index (χ1n) is 5.65. The van der Waals surface area contributed by atoms with E-state index in [1.54, 1.807) is 27.9 Å². The number of nitrogens with zero attached hydrogens (tertiary/aromatic N) is 1. The maximum Gasteiger partial charge on any atom is 0.331 e. The molecule has 0 spiro atoms. The number of hydrogen-bond acceptors (Lipinski definition) is 3. The van der Waals surface area contributed by atoms with Gasteiger partial charge in [0.2, 0.25) is 5.37 Å². The lowest BCUT2D eigenvalue weighted by molar-refractivity contribution is -0.917. The average molecular weight is 280 g/mol. The summed E-state index contributed by atoms with van der Waals surface area (Å²) in [6, 6.07) is -0.354. The monoisotopic (exact) mass is 280 g/mol. The number of aliphatic carboxylic acids is 1. The standard InChI is InChI=1S/C11H21NO5S/c1-6-10(18(15,16)17)12(4,5)9(3)7-8(2)11(13)14/h7,9-10H,6H2,1-5H3,(H-,13,14,15,16,17)/p+1/b8-7+. The van der Waals surface area contributed by atoms with E-state index < -0.39 is 21.5 Å². The Hall–Kier alpha value is -0.920. The molecule has 0 bridgehead atoms. The summed E-state index contributed by atoms with van der Waals surface area (Å²) in [5.41, 5.74) is 0.152. The first-order chi connectivity index (χ1) is 7.94. The van der Waals surface area contributed by atoms with E-state index >= 15 is 0 Å². The van der Waals surface area contributed by atoms with Crippen LogP contribution in [0.4, 0.5) is 0 Å². The van der Waals surface area contributed by atoms with Crippen LogP contribution in [0.15, 0.2) is 11.6 Å². The third-order valence-electron chi connectivity index (χ3n) is 3.31. The molecule has 0 aliphatic heterocycles. The van der Waals surface area contributed by atoms with Gasteiger partial charge in [0.15, 0.2) is 0 Å². The predicted molar refractivity (Wildman–Crippen MR) is 68.6 cm³/mol. The lowest BCUT2D eigenvalue weighted by Crippen LogP contribution is -2.56. The molecule has 0 heterocycles. The lowest BCUT2D eigenvalue weighted by atomic mass is 10.1. The van der Waals surface area contributed by atoms with Crippen molar-refractivity contribution in [2.45, 2.75) is 38.6 Å². The first-order valence-corrected chi connectivity index (χ1v) is 7.16. The van der Waals surface area contributed by atoms with E-state index in [0.29, 0.717) is 0 Å². The topological polar surface area (TPSA) is 91.7 Å². The highest BCUT2D eigenvalue weighted by Crippen LogP contribution is 2.21. The minimum atomic E-state index is -4.18. The molecule has 0 saturated carbocycles. The number of hydrogen-bond donors (Lipinski definition) is 2. The summed E-state index contributed by atoms with van der Waals surface area (Å²) in [5.74, 6) is -1.04. The van der Waals surface area contributed by atoms with E-state index in [0.717, 1.165) is 0 Å². The molecule has 18 heavy (non-hydrogen) atoms. The Morgan fingerprint density at radius 1 is 1.39 bits per heavy atom. The van der Waals surface area contributed by atoms with Gasteiger partial charge in [0.1, 0.15) is 6.04 Å². The van der Waals surface area contributed by atoms with Crippen molar-refractivity contribution in [3.05, 3.63) is 11.6 Å². The van der Waals surface area contributed by atoms with Crippen LogP contribution < -0.4 is 0 Å². The van der Waals surface area contributed by atoms with Crippen molar-refractivity contribution in [2.24, 2.45) is 0 Å². The summed E-state index contributed by atoms with van der Waals surface area (Å²) in [6.07, 6.45) is 1.74. The molecule has 106 valence electrons. The molecule has 0 saturated heterocycles. The Morgan fingerprint density at radius 2 is 1.83 bits per heavy atom. The number of carboxylic acid groups (broad SMARTS) is 1. The van der Waals surface area contributed by atoms with Gasteiger partial charge in [-0.2, -0.15) is 8.42 Å². The summed E-state index contributed by atoms with van der Waals surface area (Å²) < 4.78 is 31.9. The van der Waals surface area contributed by atoms with Crippen LogP contribution in [0.5, 0.6) is 0 Å². The van der Waals surface area contributed by atoms with Gasteiger partial charge in [-0.1, -0.05) is 6.92 Å². The molecule has 7 heteroatoms. The van der Waals surface area contributed by atoms with Crippen LogP contribution in [-0.4, -0.2) is 54.0 Å².